The highest BCUT2D eigenvalue weighted by atomic mass is 19.1. The molecular formula is C13H16FN3O3. The van der Waals surface area contributed by atoms with E-state index in [0.717, 1.165) is 25.2 Å². The van der Waals surface area contributed by atoms with Gasteiger partial charge in [-0.2, -0.15) is 4.98 Å². The molecule has 2 fully saturated rings. The number of nitrogens with zero attached hydrogens (tertiary/aromatic N) is 3. The lowest BCUT2D eigenvalue weighted by atomic mass is 10.2. The topological polar surface area (TPSA) is 75.6 Å². The van der Waals surface area contributed by atoms with Crippen molar-refractivity contribution in [2.24, 2.45) is 17.8 Å². The number of hydrogen-bond donors (Lipinski definition) is 1. The van der Waals surface area contributed by atoms with Gasteiger partial charge >= 0.3 is 12.0 Å². The van der Waals surface area contributed by atoms with E-state index in [1.807, 2.05) is 4.90 Å². The molecule has 7 heteroatoms. The van der Waals surface area contributed by atoms with Gasteiger partial charge in [-0.1, -0.05) is 13.3 Å². The Morgan fingerprint density at radius 1 is 1.55 bits per heavy atom. The molecule has 1 aromatic rings. The van der Waals surface area contributed by atoms with Crippen LogP contribution in [-0.2, 0) is 4.79 Å². The van der Waals surface area contributed by atoms with Crippen molar-refractivity contribution in [1.29, 1.82) is 0 Å². The van der Waals surface area contributed by atoms with Gasteiger partial charge in [-0.3, -0.25) is 0 Å². The molecule has 0 amide bonds. The van der Waals surface area contributed by atoms with Gasteiger partial charge in [0.05, 0.1) is 6.20 Å². The molecule has 0 spiro atoms. The van der Waals surface area contributed by atoms with Crippen LogP contribution in [0.4, 0.5) is 10.2 Å². The zero-order valence-corrected chi connectivity index (χ0v) is 11.1. The molecule has 0 aromatic carbocycles. The second kappa shape index (κ2) is 4.88. The molecule has 0 unspecified atom stereocenters. The third-order valence-corrected chi connectivity index (χ3v) is 4.17. The Morgan fingerprint density at radius 3 is 2.85 bits per heavy atom. The van der Waals surface area contributed by atoms with E-state index in [1.165, 1.54) is 6.42 Å². The van der Waals surface area contributed by atoms with Crippen LogP contribution >= 0.6 is 0 Å². The van der Waals surface area contributed by atoms with E-state index in [9.17, 15) is 9.18 Å². The fraction of sp³-hybridized carbons (Fsp3) is 0.615. The quantitative estimate of drug-likeness (QED) is 0.873. The molecule has 3 atom stereocenters. The van der Waals surface area contributed by atoms with Crippen molar-refractivity contribution >= 4 is 11.8 Å². The number of carboxylic acids is 1. The Morgan fingerprint density at radius 2 is 2.25 bits per heavy atom. The van der Waals surface area contributed by atoms with Gasteiger partial charge in [-0.05, 0) is 17.8 Å². The normalized spacial score (nSPS) is 27.3. The molecule has 0 bridgehead atoms. The summed E-state index contributed by atoms with van der Waals surface area (Å²) >= 11 is 0. The molecule has 1 saturated heterocycles. The van der Waals surface area contributed by atoms with Gasteiger partial charge in [-0.25, -0.2) is 14.2 Å². The smallest absolute Gasteiger partial charge is 0.341 e. The minimum atomic E-state index is -1.12. The summed E-state index contributed by atoms with van der Waals surface area (Å²) in [6, 6.07) is -0.101. The first kappa shape index (κ1) is 13.1. The number of halogens is 1. The molecule has 108 valence electrons. The molecule has 1 saturated carbocycles. The Balaban J connectivity index is 1.70. The first-order valence-electron chi connectivity index (χ1n) is 6.72. The standard InChI is InChI=1S/C13H16FN3O3/c1-2-7-8-4-17(5-9(7)8)12-10(14)3-15-13(16-12)20-6-11(18)19/h3,7-9H,2,4-6H2,1H3,(H,18,19)/t7-,8-,9+. The van der Waals surface area contributed by atoms with Gasteiger partial charge in [-0.15, -0.1) is 0 Å². The molecule has 1 aliphatic carbocycles. The lowest BCUT2D eigenvalue weighted by Crippen LogP contribution is -2.26. The zero-order chi connectivity index (χ0) is 14.3. The van der Waals surface area contributed by atoms with E-state index in [1.54, 1.807) is 0 Å². The summed E-state index contributed by atoms with van der Waals surface area (Å²) in [5, 5.41) is 8.54. The number of piperidine rings is 1. The average molecular weight is 281 g/mol. The number of carbonyl (C=O) groups is 1. The number of aromatic nitrogens is 2. The lowest BCUT2D eigenvalue weighted by Gasteiger charge is -2.21. The maximum absolute atomic E-state index is 13.8. The molecule has 1 N–H and O–H groups in total. The molecule has 3 rings (SSSR count). The summed E-state index contributed by atoms with van der Waals surface area (Å²) in [5.41, 5.74) is 0. The van der Waals surface area contributed by atoms with Crippen molar-refractivity contribution in [3.8, 4) is 6.01 Å². The van der Waals surface area contributed by atoms with Crippen LogP contribution in [-0.4, -0.2) is 40.7 Å². The van der Waals surface area contributed by atoms with Crippen LogP contribution in [0.3, 0.4) is 0 Å². The average Bonchev–Trinajstić information content (AvgIpc) is 2.89. The summed E-state index contributed by atoms with van der Waals surface area (Å²) < 4.78 is 18.7. The minimum absolute atomic E-state index is 0.101. The third-order valence-electron chi connectivity index (χ3n) is 4.17. The van der Waals surface area contributed by atoms with Crippen molar-refractivity contribution in [1.82, 2.24) is 9.97 Å². The number of aliphatic carboxylic acids is 1. The zero-order valence-electron chi connectivity index (χ0n) is 11.1. The molecule has 1 aliphatic heterocycles. The number of rotatable bonds is 5. The first-order chi connectivity index (χ1) is 9.60. The van der Waals surface area contributed by atoms with Crippen molar-refractivity contribution in [3.63, 3.8) is 0 Å². The van der Waals surface area contributed by atoms with Crippen LogP contribution in [0, 0.1) is 23.6 Å². The lowest BCUT2D eigenvalue weighted by molar-refractivity contribution is -0.139. The summed E-state index contributed by atoms with van der Waals surface area (Å²) in [6.07, 6.45) is 2.20. The van der Waals surface area contributed by atoms with E-state index >= 15 is 0 Å². The van der Waals surface area contributed by atoms with Crippen molar-refractivity contribution in [2.45, 2.75) is 13.3 Å². The monoisotopic (exact) mass is 281 g/mol. The van der Waals surface area contributed by atoms with Crippen LogP contribution in [0.5, 0.6) is 6.01 Å². The Labute approximate surface area is 115 Å². The summed E-state index contributed by atoms with van der Waals surface area (Å²) in [6.45, 7) is 3.25. The number of carboxylic acid groups (broad SMARTS) is 1. The van der Waals surface area contributed by atoms with Gasteiger partial charge in [0.2, 0.25) is 0 Å². The van der Waals surface area contributed by atoms with E-state index in [2.05, 4.69) is 16.9 Å². The van der Waals surface area contributed by atoms with Crippen LogP contribution in [0.15, 0.2) is 6.20 Å². The van der Waals surface area contributed by atoms with Gasteiger partial charge in [0.25, 0.3) is 0 Å². The second-order valence-electron chi connectivity index (χ2n) is 5.31. The molecular weight excluding hydrogens is 265 g/mol. The van der Waals surface area contributed by atoms with Gasteiger partial charge < -0.3 is 14.7 Å². The number of anilines is 1. The summed E-state index contributed by atoms with van der Waals surface area (Å²) in [5.74, 6) is 0.631. The molecule has 2 aliphatic rings. The Bertz CT molecular complexity index is 528. The Hall–Kier alpha value is -1.92. The van der Waals surface area contributed by atoms with Crippen LogP contribution in [0.2, 0.25) is 0 Å². The maximum atomic E-state index is 13.8. The van der Waals surface area contributed by atoms with E-state index in [-0.39, 0.29) is 11.8 Å². The predicted molar refractivity (Wildman–Crippen MR) is 68.1 cm³/mol. The summed E-state index contributed by atoms with van der Waals surface area (Å²) in [7, 11) is 0. The van der Waals surface area contributed by atoms with Crippen LogP contribution in [0.1, 0.15) is 13.3 Å². The Kier molecular flexibility index (Phi) is 3.19. The molecule has 0 radical (unpaired) electrons. The van der Waals surface area contributed by atoms with Crippen molar-refractivity contribution < 1.29 is 19.0 Å². The van der Waals surface area contributed by atoms with E-state index in [4.69, 9.17) is 9.84 Å². The van der Waals surface area contributed by atoms with Crippen LogP contribution < -0.4 is 9.64 Å². The van der Waals surface area contributed by atoms with Crippen molar-refractivity contribution in [3.05, 3.63) is 12.0 Å². The largest absolute Gasteiger partial charge is 0.479 e. The van der Waals surface area contributed by atoms with Crippen molar-refractivity contribution in [2.75, 3.05) is 24.6 Å². The van der Waals surface area contributed by atoms with Crippen LogP contribution in [0.25, 0.3) is 0 Å². The predicted octanol–water partition coefficient (Wildman–Crippen LogP) is 1.17. The summed E-state index contributed by atoms with van der Waals surface area (Å²) in [4.78, 5) is 20.0. The first-order valence-corrected chi connectivity index (χ1v) is 6.72. The highest BCUT2D eigenvalue weighted by Gasteiger charge is 2.54. The van der Waals surface area contributed by atoms with E-state index in [0.29, 0.717) is 11.8 Å². The maximum Gasteiger partial charge on any atom is 0.341 e. The van der Waals surface area contributed by atoms with Gasteiger partial charge in [0, 0.05) is 13.1 Å². The van der Waals surface area contributed by atoms with Gasteiger partial charge in [0.1, 0.15) is 0 Å². The molecule has 6 nitrogen and oxygen atoms in total. The highest BCUT2D eigenvalue weighted by molar-refractivity contribution is 5.68. The second-order valence-corrected chi connectivity index (χ2v) is 5.31. The number of hydrogen-bond acceptors (Lipinski definition) is 5. The minimum Gasteiger partial charge on any atom is -0.479 e. The fourth-order valence-electron chi connectivity index (χ4n) is 3.19. The number of fused-ring (bicyclic) bond motifs is 1. The SMILES string of the molecule is CC[C@@H]1[C@H]2CN(c3nc(OCC(=O)O)ncc3F)C[C@@H]12. The highest BCUT2D eigenvalue weighted by Crippen LogP contribution is 2.54. The molecule has 2 heterocycles. The van der Waals surface area contributed by atoms with E-state index < -0.39 is 18.4 Å². The number of ether oxygens (including phenoxy) is 1. The fourth-order valence-corrected chi connectivity index (χ4v) is 3.19. The third kappa shape index (κ3) is 2.28. The van der Waals surface area contributed by atoms with Gasteiger partial charge in [0.15, 0.2) is 18.2 Å². The molecule has 20 heavy (non-hydrogen) atoms. The molecule has 1 aromatic heterocycles.